The van der Waals surface area contributed by atoms with Gasteiger partial charge in [-0.05, 0) is 63.5 Å². The predicted molar refractivity (Wildman–Crippen MR) is 81.5 cm³/mol. The van der Waals surface area contributed by atoms with Gasteiger partial charge < -0.3 is 9.80 Å². The van der Waals surface area contributed by atoms with Crippen LogP contribution in [-0.2, 0) is 4.79 Å². The lowest BCUT2D eigenvalue weighted by molar-refractivity contribution is -0.133. The molecule has 3 heteroatoms. The normalized spacial score (nSPS) is 31.1. The number of allylic oxidation sites excluding steroid dienone is 2. The standard InChI is InChI=1S/C17H28N2O/c20-17(12-15-6-1-2-7-15)19-11-5-8-16(14-19)13-18-9-3-4-10-18/h1,6,15-16H,2-5,7-14H2/t15-,16-/m0/s1. The van der Waals surface area contributed by atoms with Crippen LogP contribution in [0, 0.1) is 11.8 Å². The molecule has 0 aromatic rings. The van der Waals surface area contributed by atoms with Crippen LogP contribution in [0.3, 0.4) is 0 Å². The van der Waals surface area contributed by atoms with Gasteiger partial charge in [0.1, 0.15) is 0 Å². The van der Waals surface area contributed by atoms with E-state index in [-0.39, 0.29) is 0 Å². The SMILES string of the molecule is O=C(C[C@H]1C=CCC1)N1CCC[C@@H](CN2CCCC2)C1. The van der Waals surface area contributed by atoms with Crippen molar-refractivity contribution in [2.45, 2.75) is 44.9 Å². The van der Waals surface area contributed by atoms with Crippen LogP contribution in [0.15, 0.2) is 12.2 Å². The molecule has 1 aliphatic carbocycles. The minimum Gasteiger partial charge on any atom is -0.342 e. The molecule has 2 atom stereocenters. The minimum atomic E-state index is 0.396. The summed E-state index contributed by atoms with van der Waals surface area (Å²) in [7, 11) is 0. The van der Waals surface area contributed by atoms with Crippen molar-refractivity contribution in [2.75, 3.05) is 32.7 Å². The zero-order valence-corrected chi connectivity index (χ0v) is 12.6. The number of carbonyl (C=O) groups is 1. The van der Waals surface area contributed by atoms with E-state index < -0.39 is 0 Å². The maximum Gasteiger partial charge on any atom is 0.223 e. The Balaban J connectivity index is 1.46. The molecule has 2 fully saturated rings. The molecule has 3 aliphatic rings. The number of hydrogen-bond donors (Lipinski definition) is 0. The Kier molecular flexibility index (Phi) is 4.77. The molecule has 2 aliphatic heterocycles. The number of likely N-dealkylation sites (tertiary alicyclic amines) is 2. The van der Waals surface area contributed by atoms with E-state index in [1.165, 1.54) is 51.7 Å². The third-order valence-corrected chi connectivity index (χ3v) is 5.14. The zero-order chi connectivity index (χ0) is 13.8. The van der Waals surface area contributed by atoms with Gasteiger partial charge in [0, 0.05) is 26.1 Å². The van der Waals surface area contributed by atoms with Crippen LogP contribution in [0.1, 0.15) is 44.9 Å². The quantitative estimate of drug-likeness (QED) is 0.737. The molecule has 0 unspecified atom stereocenters. The van der Waals surface area contributed by atoms with Crippen LogP contribution in [-0.4, -0.2) is 48.4 Å². The fourth-order valence-corrected chi connectivity index (χ4v) is 3.99. The molecule has 0 bridgehead atoms. The molecule has 112 valence electrons. The summed E-state index contributed by atoms with van der Waals surface area (Å²) in [4.78, 5) is 17.2. The van der Waals surface area contributed by atoms with Crippen molar-refractivity contribution in [1.82, 2.24) is 9.80 Å². The molecule has 2 saturated heterocycles. The summed E-state index contributed by atoms with van der Waals surface area (Å²) in [6, 6.07) is 0. The molecule has 2 heterocycles. The monoisotopic (exact) mass is 276 g/mol. The largest absolute Gasteiger partial charge is 0.342 e. The number of hydrogen-bond acceptors (Lipinski definition) is 2. The Morgan fingerprint density at radius 3 is 2.70 bits per heavy atom. The Morgan fingerprint density at radius 2 is 1.95 bits per heavy atom. The highest BCUT2D eigenvalue weighted by molar-refractivity contribution is 5.76. The van der Waals surface area contributed by atoms with Gasteiger partial charge in [-0.25, -0.2) is 0 Å². The lowest BCUT2D eigenvalue weighted by atomic mass is 9.96. The average molecular weight is 276 g/mol. The Hall–Kier alpha value is -0.830. The van der Waals surface area contributed by atoms with Gasteiger partial charge in [-0.3, -0.25) is 4.79 Å². The summed E-state index contributed by atoms with van der Waals surface area (Å²) >= 11 is 0. The molecule has 0 saturated carbocycles. The molecule has 3 rings (SSSR count). The number of piperidine rings is 1. The van der Waals surface area contributed by atoms with E-state index >= 15 is 0 Å². The predicted octanol–water partition coefficient (Wildman–Crippen LogP) is 2.68. The summed E-state index contributed by atoms with van der Waals surface area (Å²) < 4.78 is 0. The van der Waals surface area contributed by atoms with Crippen molar-refractivity contribution in [3.8, 4) is 0 Å². The molecule has 1 amide bonds. The first-order valence-electron chi connectivity index (χ1n) is 8.48. The van der Waals surface area contributed by atoms with Crippen LogP contribution in [0.25, 0.3) is 0 Å². The van der Waals surface area contributed by atoms with E-state index in [0.717, 1.165) is 25.9 Å². The van der Waals surface area contributed by atoms with Gasteiger partial charge in [-0.15, -0.1) is 0 Å². The average Bonchev–Trinajstić information content (AvgIpc) is 3.12. The fourth-order valence-electron chi connectivity index (χ4n) is 3.99. The second-order valence-corrected chi connectivity index (χ2v) is 6.83. The molecule has 20 heavy (non-hydrogen) atoms. The van der Waals surface area contributed by atoms with E-state index in [9.17, 15) is 4.79 Å². The second-order valence-electron chi connectivity index (χ2n) is 6.83. The maximum absolute atomic E-state index is 12.4. The minimum absolute atomic E-state index is 0.396. The highest BCUT2D eigenvalue weighted by Crippen LogP contribution is 2.24. The first-order valence-corrected chi connectivity index (χ1v) is 8.48. The van der Waals surface area contributed by atoms with Crippen molar-refractivity contribution >= 4 is 5.91 Å². The van der Waals surface area contributed by atoms with Gasteiger partial charge in [-0.1, -0.05) is 12.2 Å². The van der Waals surface area contributed by atoms with Gasteiger partial charge in [0.05, 0.1) is 0 Å². The van der Waals surface area contributed by atoms with Gasteiger partial charge in [0.2, 0.25) is 5.91 Å². The van der Waals surface area contributed by atoms with Crippen molar-refractivity contribution < 1.29 is 4.79 Å². The lowest BCUT2D eigenvalue weighted by Crippen LogP contribution is -2.43. The zero-order valence-electron chi connectivity index (χ0n) is 12.6. The van der Waals surface area contributed by atoms with Gasteiger partial charge in [0.25, 0.3) is 0 Å². The van der Waals surface area contributed by atoms with Gasteiger partial charge in [0.15, 0.2) is 0 Å². The Morgan fingerprint density at radius 1 is 1.10 bits per heavy atom. The van der Waals surface area contributed by atoms with Gasteiger partial charge in [-0.2, -0.15) is 0 Å². The topological polar surface area (TPSA) is 23.6 Å². The molecule has 0 radical (unpaired) electrons. The van der Waals surface area contributed by atoms with Crippen molar-refractivity contribution in [3.05, 3.63) is 12.2 Å². The van der Waals surface area contributed by atoms with Crippen LogP contribution in [0.2, 0.25) is 0 Å². The molecular formula is C17H28N2O. The summed E-state index contributed by atoms with van der Waals surface area (Å²) in [6.07, 6.45) is 12.8. The Labute approximate surface area is 123 Å². The van der Waals surface area contributed by atoms with Crippen LogP contribution in [0.5, 0.6) is 0 Å². The Bertz CT molecular complexity index is 360. The van der Waals surface area contributed by atoms with E-state index in [1.807, 2.05) is 0 Å². The third kappa shape index (κ3) is 3.63. The van der Waals surface area contributed by atoms with E-state index in [0.29, 0.717) is 17.7 Å². The first kappa shape index (κ1) is 14.1. The second kappa shape index (κ2) is 6.75. The molecule has 0 aromatic heterocycles. The fraction of sp³-hybridized carbons (Fsp3) is 0.824. The summed E-state index contributed by atoms with van der Waals surface area (Å²) in [5, 5.41) is 0. The number of nitrogens with zero attached hydrogens (tertiary/aromatic N) is 2. The van der Waals surface area contributed by atoms with E-state index in [4.69, 9.17) is 0 Å². The lowest BCUT2D eigenvalue weighted by Gasteiger charge is -2.35. The number of carbonyl (C=O) groups excluding carboxylic acids is 1. The summed E-state index contributed by atoms with van der Waals surface area (Å²) in [5.41, 5.74) is 0. The molecule has 0 aromatic carbocycles. The highest BCUT2D eigenvalue weighted by Gasteiger charge is 2.27. The van der Waals surface area contributed by atoms with Crippen LogP contribution < -0.4 is 0 Å². The maximum atomic E-state index is 12.4. The third-order valence-electron chi connectivity index (χ3n) is 5.14. The van der Waals surface area contributed by atoms with Gasteiger partial charge >= 0.3 is 0 Å². The first-order chi connectivity index (χ1) is 9.81. The van der Waals surface area contributed by atoms with Crippen molar-refractivity contribution in [1.29, 1.82) is 0 Å². The number of rotatable bonds is 4. The summed E-state index contributed by atoms with van der Waals surface area (Å²) in [5.74, 6) is 1.62. The van der Waals surface area contributed by atoms with Crippen molar-refractivity contribution in [3.63, 3.8) is 0 Å². The smallest absolute Gasteiger partial charge is 0.223 e. The molecular weight excluding hydrogens is 248 g/mol. The van der Waals surface area contributed by atoms with E-state index in [2.05, 4.69) is 22.0 Å². The van der Waals surface area contributed by atoms with Crippen LogP contribution in [0.4, 0.5) is 0 Å². The summed E-state index contributed by atoms with van der Waals surface area (Å²) in [6.45, 7) is 5.76. The van der Waals surface area contributed by atoms with Crippen molar-refractivity contribution in [2.24, 2.45) is 11.8 Å². The highest BCUT2D eigenvalue weighted by atomic mass is 16.2. The van der Waals surface area contributed by atoms with Crippen LogP contribution >= 0.6 is 0 Å². The van der Waals surface area contributed by atoms with E-state index in [1.54, 1.807) is 0 Å². The molecule has 3 nitrogen and oxygen atoms in total. The molecule has 0 spiro atoms. The number of amides is 1. The molecule has 0 N–H and O–H groups in total.